The average molecular weight is 461 g/mol. The van der Waals surface area contributed by atoms with Gasteiger partial charge in [0.15, 0.2) is 0 Å². The highest BCUT2D eigenvalue weighted by atomic mass is 16.5. The first kappa shape index (κ1) is 23.5. The van der Waals surface area contributed by atoms with Crippen LogP contribution in [0.3, 0.4) is 0 Å². The van der Waals surface area contributed by atoms with Gasteiger partial charge in [0.05, 0.1) is 23.7 Å². The second kappa shape index (κ2) is 10.5. The van der Waals surface area contributed by atoms with E-state index in [1.54, 1.807) is 0 Å². The number of carbonyl (C=O) groups is 2. The van der Waals surface area contributed by atoms with Gasteiger partial charge in [-0.1, -0.05) is 37.3 Å². The Morgan fingerprint density at radius 3 is 2.65 bits per heavy atom. The van der Waals surface area contributed by atoms with Gasteiger partial charge in [-0.25, -0.2) is 4.79 Å². The molecule has 0 spiro atoms. The Labute approximate surface area is 200 Å². The van der Waals surface area contributed by atoms with Gasteiger partial charge in [0, 0.05) is 36.8 Å². The van der Waals surface area contributed by atoms with E-state index < -0.39 is 0 Å². The molecular formula is C27H32N4O3. The molecule has 2 unspecified atom stereocenters. The first-order chi connectivity index (χ1) is 16.5. The van der Waals surface area contributed by atoms with Crippen LogP contribution in [-0.4, -0.2) is 36.6 Å². The molecular weight excluding hydrogens is 428 g/mol. The Morgan fingerprint density at radius 2 is 1.85 bits per heavy atom. The maximum absolute atomic E-state index is 12.7. The zero-order valence-corrected chi connectivity index (χ0v) is 20.0. The fourth-order valence-electron chi connectivity index (χ4n) is 4.53. The van der Waals surface area contributed by atoms with E-state index in [4.69, 9.17) is 4.74 Å². The number of anilines is 1. The van der Waals surface area contributed by atoms with Gasteiger partial charge in [-0.15, -0.1) is 0 Å². The lowest BCUT2D eigenvalue weighted by atomic mass is 9.83. The lowest BCUT2D eigenvalue weighted by Crippen LogP contribution is -2.38. The fourth-order valence-corrected chi connectivity index (χ4v) is 4.53. The van der Waals surface area contributed by atoms with Crippen LogP contribution in [0.4, 0.5) is 10.5 Å². The van der Waals surface area contributed by atoms with E-state index in [0.29, 0.717) is 25.3 Å². The highest BCUT2D eigenvalue weighted by molar-refractivity contribution is 5.80. The second-order valence-corrected chi connectivity index (χ2v) is 8.60. The number of urea groups is 1. The lowest BCUT2D eigenvalue weighted by Gasteiger charge is -2.31. The molecule has 0 fully saturated rings. The molecule has 4 rings (SSSR count). The van der Waals surface area contributed by atoms with Crippen molar-refractivity contribution >= 4 is 28.6 Å². The van der Waals surface area contributed by atoms with Crippen molar-refractivity contribution in [2.45, 2.75) is 39.7 Å². The van der Waals surface area contributed by atoms with E-state index in [2.05, 4.69) is 46.5 Å². The van der Waals surface area contributed by atoms with Crippen LogP contribution in [0.2, 0.25) is 0 Å². The predicted octanol–water partition coefficient (Wildman–Crippen LogP) is 4.61. The summed E-state index contributed by atoms with van der Waals surface area (Å²) in [5, 5.41) is 6.75. The number of hydrogen-bond donors (Lipinski definition) is 2. The zero-order chi connectivity index (χ0) is 24.1. The number of aromatic nitrogens is 1. The normalized spacial score (nSPS) is 17.1. The number of pyridine rings is 1. The molecule has 2 atom stereocenters. The molecule has 0 saturated heterocycles. The summed E-state index contributed by atoms with van der Waals surface area (Å²) in [7, 11) is 0. The third-order valence-corrected chi connectivity index (χ3v) is 6.56. The molecule has 2 aromatic carbocycles. The third kappa shape index (κ3) is 5.14. The molecule has 7 nitrogen and oxygen atoms in total. The van der Waals surface area contributed by atoms with Crippen LogP contribution in [0.1, 0.15) is 44.4 Å². The highest BCUT2D eigenvalue weighted by Gasteiger charge is 2.35. The van der Waals surface area contributed by atoms with Crippen molar-refractivity contribution in [2.75, 3.05) is 24.5 Å². The summed E-state index contributed by atoms with van der Waals surface area (Å²) in [6.45, 7) is 8.77. The molecule has 3 aromatic rings. The number of carbonyl (C=O) groups excluding carboxylic acids is 2. The smallest absolute Gasteiger partial charge is 0.315 e. The summed E-state index contributed by atoms with van der Waals surface area (Å²) >= 11 is 0. The molecule has 2 amide bonds. The van der Waals surface area contributed by atoms with Crippen molar-refractivity contribution in [3.05, 3.63) is 65.9 Å². The van der Waals surface area contributed by atoms with Crippen LogP contribution in [0.25, 0.3) is 10.9 Å². The van der Waals surface area contributed by atoms with E-state index in [-0.39, 0.29) is 23.8 Å². The van der Waals surface area contributed by atoms with E-state index in [1.165, 1.54) is 0 Å². The molecule has 1 aliphatic rings. The summed E-state index contributed by atoms with van der Waals surface area (Å²) in [4.78, 5) is 31.8. The molecule has 1 aromatic heterocycles. The minimum atomic E-state index is -0.297. The van der Waals surface area contributed by atoms with Crippen molar-refractivity contribution in [1.82, 2.24) is 15.6 Å². The van der Waals surface area contributed by atoms with E-state index in [0.717, 1.165) is 40.9 Å². The molecule has 34 heavy (non-hydrogen) atoms. The molecule has 0 bridgehead atoms. The Morgan fingerprint density at radius 1 is 1.06 bits per heavy atom. The van der Waals surface area contributed by atoms with Crippen LogP contribution in [-0.2, 0) is 11.3 Å². The molecule has 1 aliphatic heterocycles. The van der Waals surface area contributed by atoms with Crippen LogP contribution in [0, 0.1) is 5.92 Å². The zero-order valence-electron chi connectivity index (χ0n) is 20.0. The van der Waals surface area contributed by atoms with Crippen molar-refractivity contribution < 1.29 is 14.3 Å². The summed E-state index contributed by atoms with van der Waals surface area (Å²) in [5.41, 5.74) is 3.78. The Kier molecular flexibility index (Phi) is 7.30. The summed E-state index contributed by atoms with van der Waals surface area (Å²) in [6, 6.07) is 17.6. The summed E-state index contributed by atoms with van der Waals surface area (Å²) in [5.74, 6) is 0.133. The highest BCUT2D eigenvalue weighted by Crippen LogP contribution is 2.40. The molecule has 0 aliphatic carbocycles. The topological polar surface area (TPSA) is 83.6 Å². The van der Waals surface area contributed by atoms with Gasteiger partial charge in [-0.2, -0.15) is 0 Å². The van der Waals surface area contributed by atoms with Crippen molar-refractivity contribution in [2.24, 2.45) is 5.92 Å². The quantitative estimate of drug-likeness (QED) is 0.379. The first-order valence-electron chi connectivity index (χ1n) is 12.0. The largest absolute Gasteiger partial charge is 0.426 e. The second-order valence-electron chi connectivity index (χ2n) is 8.60. The first-order valence-corrected chi connectivity index (χ1v) is 12.0. The van der Waals surface area contributed by atoms with Crippen molar-refractivity contribution in [3.8, 4) is 5.75 Å². The monoisotopic (exact) mass is 460 g/mol. The Bertz CT molecular complexity index is 1180. The molecule has 0 radical (unpaired) electrons. The molecule has 0 saturated carbocycles. The van der Waals surface area contributed by atoms with Crippen LogP contribution >= 0.6 is 0 Å². The Hall–Kier alpha value is -3.61. The van der Waals surface area contributed by atoms with E-state index in [9.17, 15) is 9.59 Å². The minimum Gasteiger partial charge on any atom is -0.426 e. The van der Waals surface area contributed by atoms with Crippen molar-refractivity contribution in [1.29, 1.82) is 0 Å². The standard InChI is InChI=1S/C27H32N4O3/c1-4-31(5-2)21-12-13-22-18(3)23(26(32)34-25(22)16-21)14-15-28-27(33)29-17-20-11-10-19-8-6-7-9-24(19)30-20/h6-13,16,18,23H,4-5,14-15,17H2,1-3H3,(H2,28,29,33). The minimum absolute atomic E-state index is 0.0219. The van der Waals surface area contributed by atoms with Crippen molar-refractivity contribution in [3.63, 3.8) is 0 Å². The van der Waals surface area contributed by atoms with Gasteiger partial charge >= 0.3 is 12.0 Å². The molecule has 178 valence electrons. The summed E-state index contributed by atoms with van der Waals surface area (Å²) in [6.07, 6.45) is 0.513. The van der Waals surface area contributed by atoms with Crippen LogP contribution in [0.15, 0.2) is 54.6 Å². The molecule has 2 N–H and O–H groups in total. The van der Waals surface area contributed by atoms with Gasteiger partial charge in [-0.05, 0) is 49.9 Å². The van der Waals surface area contributed by atoms with Gasteiger partial charge in [0.2, 0.25) is 0 Å². The van der Waals surface area contributed by atoms with Crippen LogP contribution in [0.5, 0.6) is 5.75 Å². The van der Waals surface area contributed by atoms with E-state index in [1.807, 2.05) is 49.4 Å². The number of amides is 2. The number of ether oxygens (including phenoxy) is 1. The predicted molar refractivity (Wildman–Crippen MR) is 134 cm³/mol. The molecule has 2 heterocycles. The lowest BCUT2D eigenvalue weighted by molar-refractivity contribution is -0.141. The number of para-hydroxylation sites is 1. The third-order valence-electron chi connectivity index (χ3n) is 6.56. The fraction of sp³-hybridized carbons (Fsp3) is 0.370. The van der Waals surface area contributed by atoms with Gasteiger partial charge in [0.25, 0.3) is 0 Å². The average Bonchev–Trinajstić information content (AvgIpc) is 2.85. The van der Waals surface area contributed by atoms with Gasteiger partial charge < -0.3 is 20.3 Å². The number of nitrogens with one attached hydrogen (secondary N) is 2. The van der Waals surface area contributed by atoms with Gasteiger partial charge in [0.1, 0.15) is 5.75 Å². The van der Waals surface area contributed by atoms with Gasteiger partial charge in [-0.3, -0.25) is 9.78 Å². The maximum atomic E-state index is 12.7. The van der Waals surface area contributed by atoms with E-state index >= 15 is 0 Å². The van der Waals surface area contributed by atoms with Crippen LogP contribution < -0.4 is 20.3 Å². The summed E-state index contributed by atoms with van der Waals surface area (Å²) < 4.78 is 5.69. The SMILES string of the molecule is CCN(CC)c1ccc2c(c1)OC(=O)C(CCNC(=O)NCc1ccc3ccccc3n1)C2C. The maximum Gasteiger partial charge on any atom is 0.315 e. The number of fused-ring (bicyclic) bond motifs is 2. The number of rotatable bonds is 8. The number of nitrogens with zero attached hydrogens (tertiary/aromatic N) is 2. The number of esters is 1. The Balaban J connectivity index is 1.29. The molecule has 7 heteroatoms. The number of hydrogen-bond acceptors (Lipinski definition) is 5. The number of benzene rings is 2.